The Labute approximate surface area is 103 Å². The molecule has 0 aliphatic carbocycles. The predicted octanol–water partition coefficient (Wildman–Crippen LogP) is 1.16. The molecule has 0 bridgehead atoms. The fourth-order valence-electron chi connectivity index (χ4n) is 1.76. The second-order valence-corrected chi connectivity index (χ2v) is 3.98. The maximum absolute atomic E-state index is 11.0. The third-order valence-electron chi connectivity index (χ3n) is 2.74. The van der Waals surface area contributed by atoms with Crippen LogP contribution in [0.25, 0.3) is 11.4 Å². The van der Waals surface area contributed by atoms with Crippen molar-refractivity contribution in [3.8, 4) is 11.4 Å². The van der Waals surface area contributed by atoms with E-state index in [1.54, 1.807) is 23.7 Å². The van der Waals surface area contributed by atoms with Gasteiger partial charge in [-0.1, -0.05) is 6.07 Å². The van der Waals surface area contributed by atoms with Gasteiger partial charge in [-0.15, -0.1) is 10.2 Å². The van der Waals surface area contributed by atoms with Crippen LogP contribution in [0, 0.1) is 17.0 Å². The summed E-state index contributed by atoms with van der Waals surface area (Å²) in [5.41, 5.74) is 6.90. The van der Waals surface area contributed by atoms with Gasteiger partial charge < -0.3 is 10.3 Å². The van der Waals surface area contributed by atoms with Gasteiger partial charge in [0.05, 0.1) is 17.0 Å². The minimum Gasteiger partial charge on any atom is -0.324 e. The average molecular weight is 247 g/mol. The van der Waals surface area contributed by atoms with Gasteiger partial charge in [0.1, 0.15) is 5.82 Å². The molecule has 0 aliphatic rings. The fraction of sp³-hybridized carbons (Fsp3) is 0.273. The third-order valence-corrected chi connectivity index (χ3v) is 2.74. The van der Waals surface area contributed by atoms with Gasteiger partial charge in [-0.2, -0.15) is 0 Å². The largest absolute Gasteiger partial charge is 0.324 e. The number of aromatic nitrogens is 3. The van der Waals surface area contributed by atoms with E-state index in [9.17, 15) is 10.1 Å². The van der Waals surface area contributed by atoms with Gasteiger partial charge >= 0.3 is 0 Å². The van der Waals surface area contributed by atoms with Crippen LogP contribution in [-0.4, -0.2) is 19.7 Å². The first kappa shape index (κ1) is 12.2. The molecule has 2 N–H and O–H groups in total. The molecule has 18 heavy (non-hydrogen) atoms. The summed E-state index contributed by atoms with van der Waals surface area (Å²) in [5.74, 6) is 1.03. The molecule has 7 heteroatoms. The van der Waals surface area contributed by atoms with E-state index in [-0.39, 0.29) is 12.2 Å². The molecule has 0 spiro atoms. The Balaban J connectivity index is 2.65. The third kappa shape index (κ3) is 1.95. The SMILES string of the molecule is Cc1ccc([N+](=O)[O-])c(-c2nnc(CN)n2C)c1. The molecular weight excluding hydrogens is 234 g/mol. The Kier molecular flexibility index (Phi) is 3.07. The van der Waals surface area contributed by atoms with Crippen LogP contribution < -0.4 is 5.73 Å². The number of nitro benzene ring substituents is 1. The zero-order valence-corrected chi connectivity index (χ0v) is 10.1. The monoisotopic (exact) mass is 247 g/mol. The van der Waals surface area contributed by atoms with Gasteiger partial charge in [-0.25, -0.2) is 0 Å². The summed E-state index contributed by atoms with van der Waals surface area (Å²) in [5, 5.41) is 18.9. The first-order valence-electron chi connectivity index (χ1n) is 5.38. The zero-order chi connectivity index (χ0) is 13.3. The lowest BCUT2D eigenvalue weighted by Gasteiger charge is -2.04. The lowest BCUT2D eigenvalue weighted by Crippen LogP contribution is -2.06. The van der Waals surface area contributed by atoms with Crippen molar-refractivity contribution < 1.29 is 4.92 Å². The second-order valence-electron chi connectivity index (χ2n) is 3.98. The number of benzene rings is 1. The molecular formula is C11H13N5O2. The van der Waals surface area contributed by atoms with Crippen LogP contribution in [0.5, 0.6) is 0 Å². The highest BCUT2D eigenvalue weighted by Crippen LogP contribution is 2.29. The Morgan fingerprint density at radius 3 is 2.72 bits per heavy atom. The smallest absolute Gasteiger partial charge is 0.280 e. The number of hydrogen-bond acceptors (Lipinski definition) is 5. The second kappa shape index (κ2) is 4.53. The number of rotatable bonds is 3. The molecule has 7 nitrogen and oxygen atoms in total. The molecule has 94 valence electrons. The molecule has 0 atom stereocenters. The van der Waals surface area contributed by atoms with E-state index in [4.69, 9.17) is 5.73 Å². The van der Waals surface area contributed by atoms with Crippen molar-refractivity contribution in [2.45, 2.75) is 13.5 Å². The van der Waals surface area contributed by atoms with E-state index in [2.05, 4.69) is 10.2 Å². The van der Waals surface area contributed by atoms with Crippen LogP contribution in [0.15, 0.2) is 18.2 Å². The highest BCUT2D eigenvalue weighted by Gasteiger charge is 2.20. The molecule has 0 amide bonds. The summed E-state index contributed by atoms with van der Waals surface area (Å²) in [6.07, 6.45) is 0. The summed E-state index contributed by atoms with van der Waals surface area (Å²) in [6, 6.07) is 4.89. The maximum atomic E-state index is 11.0. The van der Waals surface area contributed by atoms with E-state index >= 15 is 0 Å². The number of aryl methyl sites for hydroxylation is 1. The van der Waals surface area contributed by atoms with Gasteiger partial charge in [0, 0.05) is 13.1 Å². The summed E-state index contributed by atoms with van der Waals surface area (Å²) in [7, 11) is 1.74. The van der Waals surface area contributed by atoms with Crippen molar-refractivity contribution in [2.75, 3.05) is 0 Å². The van der Waals surface area contributed by atoms with Crippen LogP contribution in [0.1, 0.15) is 11.4 Å². The fourth-order valence-corrected chi connectivity index (χ4v) is 1.76. The van der Waals surface area contributed by atoms with E-state index in [1.807, 2.05) is 6.92 Å². The lowest BCUT2D eigenvalue weighted by atomic mass is 10.1. The van der Waals surface area contributed by atoms with E-state index < -0.39 is 4.92 Å². The topological polar surface area (TPSA) is 99.9 Å². The number of nitrogens with zero attached hydrogens (tertiary/aromatic N) is 4. The highest BCUT2D eigenvalue weighted by atomic mass is 16.6. The average Bonchev–Trinajstić information content (AvgIpc) is 2.69. The van der Waals surface area contributed by atoms with Crippen LogP contribution >= 0.6 is 0 Å². The Hall–Kier alpha value is -2.28. The minimum absolute atomic E-state index is 0.0136. The van der Waals surface area contributed by atoms with E-state index in [0.717, 1.165) is 5.56 Å². The number of hydrogen-bond donors (Lipinski definition) is 1. The van der Waals surface area contributed by atoms with Crippen LogP contribution in [0.2, 0.25) is 0 Å². The van der Waals surface area contributed by atoms with Crippen LogP contribution in [-0.2, 0) is 13.6 Å². The first-order chi connectivity index (χ1) is 8.54. The van der Waals surface area contributed by atoms with Crippen molar-refractivity contribution in [1.29, 1.82) is 0 Å². The standard InChI is InChI=1S/C11H13N5O2/c1-7-3-4-9(16(17)18)8(5-7)11-14-13-10(6-12)15(11)2/h3-5H,6,12H2,1-2H3. The maximum Gasteiger partial charge on any atom is 0.280 e. The number of nitro groups is 1. The molecule has 2 aromatic rings. The van der Waals surface area contributed by atoms with Gasteiger partial charge in [-0.3, -0.25) is 10.1 Å². The summed E-state index contributed by atoms with van der Waals surface area (Å²) in [4.78, 5) is 10.6. The van der Waals surface area contributed by atoms with Crippen molar-refractivity contribution in [1.82, 2.24) is 14.8 Å². The summed E-state index contributed by atoms with van der Waals surface area (Å²) < 4.78 is 1.67. The molecule has 0 radical (unpaired) electrons. The highest BCUT2D eigenvalue weighted by molar-refractivity contribution is 5.69. The predicted molar refractivity (Wildman–Crippen MR) is 65.7 cm³/mol. The van der Waals surface area contributed by atoms with Crippen molar-refractivity contribution >= 4 is 5.69 Å². The summed E-state index contributed by atoms with van der Waals surface area (Å²) >= 11 is 0. The Morgan fingerprint density at radius 2 is 2.17 bits per heavy atom. The minimum atomic E-state index is -0.425. The van der Waals surface area contributed by atoms with Crippen molar-refractivity contribution in [2.24, 2.45) is 12.8 Å². The lowest BCUT2D eigenvalue weighted by molar-refractivity contribution is -0.384. The number of nitrogens with two attached hydrogens (primary N) is 1. The quantitative estimate of drug-likeness (QED) is 0.648. The van der Waals surface area contributed by atoms with Gasteiger partial charge in [0.15, 0.2) is 5.82 Å². The first-order valence-corrected chi connectivity index (χ1v) is 5.38. The van der Waals surface area contributed by atoms with Gasteiger partial charge in [-0.05, 0) is 18.6 Å². The van der Waals surface area contributed by atoms with Gasteiger partial charge in [0.2, 0.25) is 0 Å². The summed E-state index contributed by atoms with van der Waals surface area (Å²) in [6.45, 7) is 2.11. The molecule has 2 rings (SSSR count). The Bertz CT molecular complexity index is 605. The molecule has 1 aromatic carbocycles. The Morgan fingerprint density at radius 1 is 1.44 bits per heavy atom. The van der Waals surface area contributed by atoms with Crippen molar-refractivity contribution in [3.05, 3.63) is 39.7 Å². The molecule has 0 unspecified atom stereocenters. The van der Waals surface area contributed by atoms with E-state index in [1.165, 1.54) is 6.07 Å². The van der Waals surface area contributed by atoms with Crippen molar-refractivity contribution in [3.63, 3.8) is 0 Å². The molecule has 0 saturated carbocycles. The molecule has 0 fully saturated rings. The normalized spacial score (nSPS) is 10.6. The molecule has 1 heterocycles. The molecule has 1 aromatic heterocycles. The molecule has 0 aliphatic heterocycles. The zero-order valence-electron chi connectivity index (χ0n) is 10.1. The van der Waals surface area contributed by atoms with Crippen LogP contribution in [0.3, 0.4) is 0 Å². The van der Waals surface area contributed by atoms with E-state index in [0.29, 0.717) is 17.2 Å². The molecule has 0 saturated heterocycles. The van der Waals surface area contributed by atoms with Crippen LogP contribution in [0.4, 0.5) is 5.69 Å². The van der Waals surface area contributed by atoms with Gasteiger partial charge in [0.25, 0.3) is 5.69 Å².